The molecule has 3 aliphatic rings. The smallest absolute Gasteiger partial charge is 0.351 e. The summed E-state index contributed by atoms with van der Waals surface area (Å²) in [5.74, 6) is -0.350. The number of hydrogen-bond acceptors (Lipinski definition) is 10. The molecule has 3 heterocycles. The fraction of sp³-hybridized carbons (Fsp3) is 0.333. The first-order valence-corrected chi connectivity index (χ1v) is 13.4. The lowest BCUT2D eigenvalue weighted by molar-refractivity contribution is -0.143. The van der Waals surface area contributed by atoms with E-state index in [1.54, 1.807) is 12.1 Å². The second-order valence-electron chi connectivity index (χ2n) is 9.63. The van der Waals surface area contributed by atoms with Crippen molar-refractivity contribution in [1.82, 2.24) is 4.57 Å². The predicted octanol–water partition coefficient (Wildman–Crippen LogP) is 3.27. The fourth-order valence-corrected chi connectivity index (χ4v) is 7.02. The molecule has 3 atom stereocenters. The molecule has 0 radical (unpaired) electrons. The monoisotopic (exact) mass is 553 g/mol. The molecule has 2 bridgehead atoms. The topological polar surface area (TPSA) is 117 Å². The van der Waals surface area contributed by atoms with Crippen LogP contribution < -0.4 is 20.3 Å². The molecule has 11 heteroatoms. The number of rotatable bonds is 5. The van der Waals surface area contributed by atoms with Crippen molar-refractivity contribution in [2.75, 3.05) is 13.7 Å². The molecule has 1 aliphatic heterocycles. The Morgan fingerprint density at radius 3 is 2.82 bits per heavy atom. The third-order valence-electron chi connectivity index (χ3n) is 7.44. The number of thiazole rings is 1. The van der Waals surface area contributed by atoms with Gasteiger partial charge in [-0.05, 0) is 67.6 Å². The molecular formula is C27H23NO8S2. The highest BCUT2D eigenvalue weighted by molar-refractivity contribution is 7.73. The van der Waals surface area contributed by atoms with Crippen LogP contribution in [-0.4, -0.2) is 41.1 Å². The van der Waals surface area contributed by atoms with Gasteiger partial charge in [0, 0.05) is 18.2 Å². The van der Waals surface area contributed by atoms with Crippen LogP contribution in [0.5, 0.6) is 17.4 Å². The number of ether oxygens (including phenoxy) is 3. The molecule has 196 valence electrons. The standard InChI is InChI=1S/C27H23NO8S2/c1-33-22(29)12-34-15-4-6-17-20(10-15)36-26(32)23(24(17)30)19-7-5-16(35-19)11-21-25(31)28(27(37)38-21)18-9-13-2-3-14(18)8-13/h4-7,10-11,13-14,18,31H,2-3,8-9,12H2,1H3. The van der Waals surface area contributed by atoms with Crippen LogP contribution in [0.25, 0.3) is 11.6 Å². The molecule has 0 amide bonds. The molecule has 1 N–H and O–H groups in total. The molecule has 2 fully saturated rings. The van der Waals surface area contributed by atoms with Crippen LogP contribution in [0.4, 0.5) is 0 Å². The molecule has 0 saturated heterocycles. The number of aromatic nitrogens is 1. The second kappa shape index (κ2) is 9.55. The maximum atomic E-state index is 13.2. The third-order valence-corrected chi connectivity index (χ3v) is 8.78. The fourth-order valence-electron chi connectivity index (χ4n) is 5.66. The largest absolute Gasteiger partial charge is 0.493 e. The van der Waals surface area contributed by atoms with Crippen molar-refractivity contribution in [2.45, 2.75) is 31.7 Å². The number of methoxy groups -OCH3 is 1. The quantitative estimate of drug-likeness (QED) is 0.289. The summed E-state index contributed by atoms with van der Waals surface area (Å²) >= 11 is 6.88. The van der Waals surface area contributed by atoms with Crippen LogP contribution in [0.2, 0.25) is 0 Å². The first-order valence-electron chi connectivity index (χ1n) is 12.2. The Bertz CT molecular complexity index is 1660. The molecule has 3 aromatic rings. The number of furan rings is 1. The van der Waals surface area contributed by atoms with Crippen molar-refractivity contribution in [3.05, 3.63) is 55.6 Å². The second-order valence-corrected chi connectivity index (χ2v) is 11.3. The molecule has 0 spiro atoms. The van der Waals surface area contributed by atoms with Crippen LogP contribution in [0.3, 0.4) is 0 Å². The minimum Gasteiger partial charge on any atom is -0.493 e. The van der Waals surface area contributed by atoms with Crippen molar-refractivity contribution < 1.29 is 38.1 Å². The van der Waals surface area contributed by atoms with Gasteiger partial charge in [0.05, 0.1) is 17.6 Å². The highest BCUT2D eigenvalue weighted by Gasteiger charge is 2.41. The Morgan fingerprint density at radius 2 is 2.08 bits per heavy atom. The summed E-state index contributed by atoms with van der Waals surface area (Å²) in [5, 5.41) is 11.0. The summed E-state index contributed by atoms with van der Waals surface area (Å²) in [5.41, 5.74) is 0.331. The van der Waals surface area contributed by atoms with Crippen molar-refractivity contribution >= 4 is 52.9 Å². The van der Waals surface area contributed by atoms with E-state index in [9.17, 15) is 19.5 Å². The highest BCUT2D eigenvalue weighted by atomic mass is 32.1. The Labute approximate surface area is 225 Å². The van der Waals surface area contributed by atoms with Gasteiger partial charge in [-0.3, -0.25) is 9.36 Å². The normalized spacial score (nSPS) is 23.9. The highest BCUT2D eigenvalue weighted by Crippen LogP contribution is 2.52. The Morgan fingerprint density at radius 1 is 1.24 bits per heavy atom. The van der Waals surface area contributed by atoms with Crippen LogP contribution >= 0.6 is 23.6 Å². The number of hydrogen-bond donors (Lipinski definition) is 1. The van der Waals surface area contributed by atoms with Gasteiger partial charge in [-0.25, -0.2) is 9.59 Å². The number of ketones is 1. The number of aromatic hydroxyl groups is 1. The lowest BCUT2D eigenvalue weighted by atomic mass is 9.95. The number of nitrogens with zero attached hydrogens (tertiary/aromatic N) is 1. The molecule has 1 aromatic carbocycles. The Balaban J connectivity index is 1.30. The summed E-state index contributed by atoms with van der Waals surface area (Å²) in [6.07, 6.45) is 6.30. The summed E-state index contributed by atoms with van der Waals surface area (Å²) in [7, 11) is 1.24. The van der Waals surface area contributed by atoms with E-state index < -0.39 is 17.7 Å². The lowest BCUT2D eigenvalue weighted by Gasteiger charge is -2.23. The van der Waals surface area contributed by atoms with E-state index >= 15 is 0 Å². The van der Waals surface area contributed by atoms with Gasteiger partial charge in [-0.2, -0.15) is 0 Å². The van der Waals surface area contributed by atoms with Gasteiger partial charge in [0.15, 0.2) is 16.1 Å². The number of benzene rings is 1. The molecule has 2 saturated carbocycles. The zero-order valence-corrected chi connectivity index (χ0v) is 21.9. The van der Waals surface area contributed by atoms with Crippen molar-refractivity contribution in [1.29, 1.82) is 0 Å². The van der Waals surface area contributed by atoms with E-state index in [1.807, 2.05) is 4.57 Å². The molecule has 3 unspecified atom stereocenters. The summed E-state index contributed by atoms with van der Waals surface area (Å²) < 4.78 is 23.5. The SMILES string of the molecule is COC(=O)COc1ccc2c(c1)OC(=O)C(=c1ccc(=Cc3sc(=S)n(C4CC5CCC4C5)c3O)o1)C2=O. The van der Waals surface area contributed by atoms with Gasteiger partial charge < -0.3 is 23.7 Å². The number of carbonyl (C=O) groups excluding carboxylic acids is 3. The Hall–Kier alpha value is -3.70. The zero-order chi connectivity index (χ0) is 26.6. The maximum Gasteiger partial charge on any atom is 0.351 e. The summed E-state index contributed by atoms with van der Waals surface area (Å²) in [6, 6.07) is 7.67. The van der Waals surface area contributed by atoms with Crippen molar-refractivity contribution in [3.8, 4) is 17.4 Å². The number of esters is 2. The van der Waals surface area contributed by atoms with Crippen LogP contribution in [0.1, 0.15) is 47.0 Å². The van der Waals surface area contributed by atoms with Crippen molar-refractivity contribution in [3.63, 3.8) is 0 Å². The zero-order valence-electron chi connectivity index (χ0n) is 20.3. The van der Waals surface area contributed by atoms with E-state index in [0.29, 0.717) is 26.1 Å². The first-order chi connectivity index (χ1) is 18.3. The maximum absolute atomic E-state index is 13.2. The molecule has 2 aliphatic carbocycles. The van der Waals surface area contributed by atoms with E-state index in [2.05, 4.69) is 4.74 Å². The van der Waals surface area contributed by atoms with Gasteiger partial charge in [0.2, 0.25) is 11.7 Å². The molecule has 2 aromatic heterocycles. The van der Waals surface area contributed by atoms with Gasteiger partial charge in [-0.1, -0.05) is 6.42 Å². The van der Waals surface area contributed by atoms with Crippen LogP contribution in [0.15, 0.2) is 34.7 Å². The van der Waals surface area contributed by atoms with Crippen molar-refractivity contribution in [2.24, 2.45) is 11.8 Å². The van der Waals surface area contributed by atoms with Gasteiger partial charge in [0.25, 0.3) is 0 Å². The van der Waals surface area contributed by atoms with Gasteiger partial charge in [0.1, 0.15) is 22.3 Å². The lowest BCUT2D eigenvalue weighted by Crippen LogP contribution is -2.29. The third kappa shape index (κ3) is 4.25. The van der Waals surface area contributed by atoms with Gasteiger partial charge >= 0.3 is 11.9 Å². The molecule has 6 rings (SSSR count). The van der Waals surface area contributed by atoms with E-state index in [1.165, 1.54) is 62.0 Å². The van der Waals surface area contributed by atoms with E-state index in [-0.39, 0.29) is 46.6 Å². The molecule has 38 heavy (non-hydrogen) atoms. The average molecular weight is 554 g/mol. The average Bonchev–Trinajstić information content (AvgIpc) is 3.68. The first kappa shape index (κ1) is 24.6. The minimum atomic E-state index is -0.866. The van der Waals surface area contributed by atoms with Gasteiger partial charge in [-0.15, -0.1) is 11.3 Å². The summed E-state index contributed by atoms with van der Waals surface area (Å²) in [6.45, 7) is -0.325. The van der Waals surface area contributed by atoms with E-state index in [0.717, 1.165) is 6.42 Å². The number of Topliss-reactive ketones (excluding diaryl/α,β-unsaturated/α-hetero) is 1. The predicted molar refractivity (Wildman–Crippen MR) is 138 cm³/mol. The molecular weight excluding hydrogens is 530 g/mol. The summed E-state index contributed by atoms with van der Waals surface area (Å²) in [4.78, 5) is 37.8. The van der Waals surface area contributed by atoms with Crippen LogP contribution in [-0.2, 0) is 14.3 Å². The molecule has 9 nitrogen and oxygen atoms in total. The number of fused-ring (bicyclic) bond motifs is 3. The Kier molecular flexibility index (Phi) is 6.19. The van der Waals surface area contributed by atoms with E-state index in [4.69, 9.17) is 26.1 Å². The van der Waals surface area contributed by atoms with Crippen LogP contribution in [0, 0.1) is 15.8 Å². The minimum absolute atomic E-state index is 0.0242. The number of carbonyl (C=O) groups is 3.